The van der Waals surface area contributed by atoms with Crippen LogP contribution in [0.3, 0.4) is 0 Å². The third-order valence-corrected chi connectivity index (χ3v) is 5.18. The molecule has 0 saturated heterocycles. The molecule has 0 aliphatic heterocycles. The molecule has 0 saturated carbocycles. The molecular weight excluding hydrogens is 551 g/mol. The van der Waals surface area contributed by atoms with Crippen LogP contribution < -0.4 is 0 Å². The summed E-state index contributed by atoms with van der Waals surface area (Å²) in [5, 5.41) is 11.7. The fourth-order valence-corrected chi connectivity index (χ4v) is 4.20. The first-order valence-corrected chi connectivity index (χ1v) is 9.23. The summed E-state index contributed by atoms with van der Waals surface area (Å²) in [6.45, 7) is 2.85. The number of aliphatic hydroxyl groups is 1. The molecule has 0 atom stereocenters. The molecule has 2 aromatic carbocycles. The predicted octanol–water partition coefficient (Wildman–Crippen LogP) is 6.18. The number of allylic oxidation sites excluding steroid dienone is 2. The summed E-state index contributed by atoms with van der Waals surface area (Å²) in [5.74, 6) is -0.0625. The molecule has 3 aromatic heterocycles. The van der Waals surface area contributed by atoms with E-state index in [0.29, 0.717) is 0 Å². The molecule has 0 bridgehead atoms. The first kappa shape index (κ1) is 20.2. The van der Waals surface area contributed by atoms with Gasteiger partial charge in [0.05, 0.1) is 5.76 Å². The standard InChI is InChI=1S/C17H8NOS.C5H8O2.Ir/c1-2-6-13-10(4-1)17-16-12(8-9-18-17)19-11-5-3-7-14(20-13)15(11)16;1-4(6)3-5(2)7;/h1-3,5-9H;3,6H,1-2H3;/q-1;;/b;4-3-;. The molecule has 3 heterocycles. The van der Waals surface area contributed by atoms with Gasteiger partial charge in [0.15, 0.2) is 5.78 Å². The minimum absolute atomic E-state index is 0. The largest absolute Gasteiger partial charge is 0.512 e. The number of nitrogens with zero attached hydrogens (tertiary/aromatic N) is 1. The van der Waals surface area contributed by atoms with Gasteiger partial charge in [-0.1, -0.05) is 10.8 Å². The van der Waals surface area contributed by atoms with Crippen molar-refractivity contribution >= 4 is 59.4 Å². The molecule has 0 unspecified atom stereocenters. The van der Waals surface area contributed by atoms with Crippen molar-refractivity contribution in [2.45, 2.75) is 13.8 Å². The second kappa shape index (κ2) is 8.23. The Labute approximate surface area is 178 Å². The van der Waals surface area contributed by atoms with Crippen molar-refractivity contribution in [1.82, 2.24) is 4.98 Å². The van der Waals surface area contributed by atoms with Crippen LogP contribution in [0.25, 0.3) is 42.2 Å². The van der Waals surface area contributed by atoms with E-state index in [0.717, 1.165) is 27.5 Å². The van der Waals surface area contributed by atoms with E-state index in [2.05, 4.69) is 23.2 Å². The van der Waals surface area contributed by atoms with Crippen LogP contribution in [0.15, 0.2) is 64.9 Å². The zero-order valence-electron chi connectivity index (χ0n) is 15.1. The van der Waals surface area contributed by atoms with E-state index in [-0.39, 0.29) is 31.6 Å². The molecule has 5 aromatic rings. The average molecular weight is 567 g/mol. The first-order chi connectivity index (χ1) is 13.0. The van der Waals surface area contributed by atoms with Gasteiger partial charge in [0.1, 0.15) is 11.2 Å². The normalized spacial score (nSPS) is 11.4. The van der Waals surface area contributed by atoms with Crippen molar-refractivity contribution in [1.29, 1.82) is 0 Å². The monoisotopic (exact) mass is 567 g/mol. The van der Waals surface area contributed by atoms with Gasteiger partial charge in [0.25, 0.3) is 0 Å². The van der Waals surface area contributed by atoms with Crippen molar-refractivity contribution in [3.63, 3.8) is 0 Å². The van der Waals surface area contributed by atoms with Gasteiger partial charge in [-0.2, -0.15) is 11.3 Å². The van der Waals surface area contributed by atoms with Crippen LogP contribution in [0.5, 0.6) is 0 Å². The molecule has 1 N–H and O–H groups in total. The van der Waals surface area contributed by atoms with Gasteiger partial charge in [0.2, 0.25) is 0 Å². The van der Waals surface area contributed by atoms with Crippen molar-refractivity contribution in [3.05, 3.63) is 66.6 Å². The number of aliphatic hydroxyl groups excluding tert-OH is 1. The molecule has 28 heavy (non-hydrogen) atoms. The van der Waals surface area contributed by atoms with Crippen molar-refractivity contribution < 1.29 is 34.4 Å². The van der Waals surface area contributed by atoms with Crippen LogP contribution >= 0.6 is 11.3 Å². The van der Waals surface area contributed by atoms with E-state index >= 15 is 0 Å². The van der Waals surface area contributed by atoms with Crippen LogP contribution in [-0.2, 0) is 24.9 Å². The van der Waals surface area contributed by atoms with Crippen LogP contribution in [0.2, 0.25) is 0 Å². The van der Waals surface area contributed by atoms with Gasteiger partial charge in [-0.15, -0.1) is 29.7 Å². The molecule has 143 valence electrons. The average Bonchev–Trinajstić information content (AvgIpc) is 2.93. The number of ketones is 1. The number of aromatic nitrogens is 1. The maximum atomic E-state index is 10.0. The summed E-state index contributed by atoms with van der Waals surface area (Å²) in [5.41, 5.74) is 2.78. The van der Waals surface area contributed by atoms with Crippen molar-refractivity contribution in [2.24, 2.45) is 0 Å². The molecule has 1 radical (unpaired) electrons. The quantitative estimate of drug-likeness (QED) is 0.150. The van der Waals surface area contributed by atoms with E-state index in [1.165, 1.54) is 34.7 Å². The molecule has 4 nitrogen and oxygen atoms in total. The van der Waals surface area contributed by atoms with Crippen LogP contribution in [0.1, 0.15) is 13.8 Å². The fraction of sp³-hybridized carbons (Fsp3) is 0.0909. The van der Waals surface area contributed by atoms with E-state index in [4.69, 9.17) is 9.52 Å². The van der Waals surface area contributed by atoms with Crippen LogP contribution in [0.4, 0.5) is 0 Å². The zero-order chi connectivity index (χ0) is 19.0. The Bertz CT molecular complexity index is 1330. The van der Waals surface area contributed by atoms with Gasteiger partial charge in [-0.25, -0.2) is 0 Å². The molecular formula is C22H16IrNO3S-. The minimum Gasteiger partial charge on any atom is -0.512 e. The Kier molecular flexibility index (Phi) is 5.94. The summed E-state index contributed by atoms with van der Waals surface area (Å²) in [7, 11) is 0. The number of hydrogen-bond acceptors (Lipinski definition) is 5. The van der Waals surface area contributed by atoms with Gasteiger partial charge < -0.3 is 14.5 Å². The Balaban J connectivity index is 0.000000246. The third kappa shape index (κ3) is 3.72. The maximum absolute atomic E-state index is 10.0. The number of rotatable bonds is 1. The molecule has 6 heteroatoms. The number of benzene rings is 2. The van der Waals surface area contributed by atoms with Gasteiger partial charge in [-0.05, 0) is 32.0 Å². The summed E-state index contributed by atoms with van der Waals surface area (Å²) in [6.07, 6.45) is 2.97. The Morgan fingerprint density at radius 2 is 1.86 bits per heavy atom. The third-order valence-electron chi connectivity index (χ3n) is 4.06. The number of fused-ring (bicyclic) bond motifs is 2. The SMILES string of the molecule is CC(=O)/C=C(/C)O.[Ir].[c-]1cccc2sc3cccc4oc5ccnc(c12)c5c43. The Hall–Kier alpha value is -2.53. The molecule has 5 rings (SSSR count). The molecule has 0 amide bonds. The fourth-order valence-electron chi connectivity index (χ4n) is 3.11. The van der Waals surface area contributed by atoms with E-state index in [1.54, 1.807) is 17.5 Å². The molecule has 0 aliphatic rings. The summed E-state index contributed by atoms with van der Waals surface area (Å²) in [4.78, 5) is 14.6. The maximum Gasteiger partial charge on any atom is 0.155 e. The van der Waals surface area contributed by atoms with E-state index in [9.17, 15) is 4.79 Å². The summed E-state index contributed by atoms with van der Waals surface area (Å²) < 4.78 is 8.36. The van der Waals surface area contributed by atoms with Crippen molar-refractivity contribution in [2.75, 3.05) is 0 Å². The van der Waals surface area contributed by atoms with Gasteiger partial charge >= 0.3 is 0 Å². The van der Waals surface area contributed by atoms with E-state index < -0.39 is 0 Å². The van der Waals surface area contributed by atoms with Gasteiger partial charge in [-0.3, -0.25) is 4.79 Å². The zero-order valence-corrected chi connectivity index (χ0v) is 18.4. The number of carbonyl (C=O) groups excluding carboxylic acids is 1. The number of furan rings is 1. The Morgan fingerprint density at radius 1 is 1.11 bits per heavy atom. The Morgan fingerprint density at radius 3 is 2.57 bits per heavy atom. The topological polar surface area (TPSA) is 63.3 Å². The number of carbonyl (C=O) groups is 1. The first-order valence-electron chi connectivity index (χ1n) is 8.41. The summed E-state index contributed by atoms with van der Waals surface area (Å²) >= 11 is 1.76. The predicted molar refractivity (Wildman–Crippen MR) is 110 cm³/mol. The summed E-state index contributed by atoms with van der Waals surface area (Å²) in [6, 6.07) is 17.5. The molecule has 0 fully saturated rings. The smallest absolute Gasteiger partial charge is 0.155 e. The van der Waals surface area contributed by atoms with Crippen LogP contribution in [-0.4, -0.2) is 15.9 Å². The second-order valence-electron chi connectivity index (χ2n) is 6.17. The van der Waals surface area contributed by atoms with E-state index in [1.807, 2.05) is 30.3 Å². The molecule has 0 spiro atoms. The second-order valence-corrected chi connectivity index (χ2v) is 7.26. The molecule has 0 aliphatic carbocycles. The minimum atomic E-state index is -0.125. The van der Waals surface area contributed by atoms with Crippen molar-refractivity contribution in [3.8, 4) is 0 Å². The van der Waals surface area contributed by atoms with Gasteiger partial charge in [0, 0.05) is 53.4 Å². The van der Waals surface area contributed by atoms with Crippen LogP contribution in [0, 0.1) is 6.07 Å². The number of pyridine rings is 1. The number of hydrogen-bond donors (Lipinski definition) is 1.